The number of nitrogens with zero attached hydrogens (tertiary/aromatic N) is 3. The van der Waals surface area contributed by atoms with Gasteiger partial charge in [-0.3, -0.25) is 9.59 Å². The Labute approximate surface area is 149 Å². The van der Waals surface area contributed by atoms with Crippen LogP contribution in [0.1, 0.15) is 28.9 Å². The number of Topliss-reactive ketones (excluding diaryl/α,β-unsaturated/α-hetero) is 1. The molecule has 6 nitrogen and oxygen atoms in total. The highest BCUT2D eigenvalue weighted by Crippen LogP contribution is 2.19. The lowest BCUT2D eigenvalue weighted by Gasteiger charge is -2.03. The van der Waals surface area contributed by atoms with Crippen LogP contribution in [0.15, 0.2) is 54.2 Å². The Hall–Kier alpha value is -2.93. The minimum Gasteiger partial charge on any atom is -0.350 e. The van der Waals surface area contributed by atoms with Gasteiger partial charge >= 0.3 is 0 Å². The molecule has 0 saturated heterocycles. The second kappa shape index (κ2) is 8.25. The Kier molecular flexibility index (Phi) is 5.58. The second-order valence-corrected chi connectivity index (χ2v) is 6.14. The molecule has 2 heterocycles. The fraction of sp³-hybridized carbons (Fsp3) is 0.167. The second-order valence-electron chi connectivity index (χ2n) is 5.28. The third-order valence-electron chi connectivity index (χ3n) is 3.45. The molecule has 1 N–H and O–H groups in total. The van der Waals surface area contributed by atoms with Gasteiger partial charge in [-0.2, -0.15) is 0 Å². The number of ketones is 1. The molecule has 25 heavy (non-hydrogen) atoms. The average Bonchev–Trinajstić information content (AvgIpc) is 3.15. The minimum atomic E-state index is -0.171. The summed E-state index contributed by atoms with van der Waals surface area (Å²) in [5, 5.41) is 5.36. The molecule has 7 heteroatoms. The summed E-state index contributed by atoms with van der Waals surface area (Å²) in [4.78, 5) is 36.6. The van der Waals surface area contributed by atoms with Crippen LogP contribution < -0.4 is 5.32 Å². The molecule has 0 radical (unpaired) electrons. The maximum atomic E-state index is 12.0. The predicted molar refractivity (Wildman–Crippen MR) is 95.0 cm³/mol. The van der Waals surface area contributed by atoms with E-state index >= 15 is 0 Å². The molecule has 126 valence electrons. The number of carbonyl (C=O) groups excluding carboxylic acids is 2. The molecule has 0 saturated carbocycles. The summed E-state index contributed by atoms with van der Waals surface area (Å²) in [6, 6.07) is 10.7. The van der Waals surface area contributed by atoms with Crippen molar-refractivity contribution in [1.29, 1.82) is 0 Å². The highest BCUT2D eigenvalue weighted by atomic mass is 32.1. The molecule has 3 aromatic rings. The predicted octanol–water partition coefficient (Wildman–Crippen LogP) is 2.88. The lowest BCUT2D eigenvalue weighted by Crippen LogP contribution is -2.23. The van der Waals surface area contributed by atoms with Crippen LogP contribution in [0.2, 0.25) is 0 Å². The van der Waals surface area contributed by atoms with Crippen LogP contribution in [0.5, 0.6) is 0 Å². The van der Waals surface area contributed by atoms with Crippen LogP contribution in [-0.4, -0.2) is 26.6 Å². The molecule has 1 amide bonds. The van der Waals surface area contributed by atoms with Gasteiger partial charge in [0.05, 0.1) is 12.2 Å². The normalized spacial score (nSPS) is 10.4. The van der Waals surface area contributed by atoms with E-state index in [1.807, 2.05) is 23.6 Å². The van der Waals surface area contributed by atoms with Gasteiger partial charge in [-0.15, -0.1) is 11.3 Å². The van der Waals surface area contributed by atoms with Crippen LogP contribution in [0.25, 0.3) is 10.8 Å². The Bertz CT molecular complexity index is 850. The van der Waals surface area contributed by atoms with E-state index in [4.69, 9.17) is 0 Å². The number of aromatic nitrogens is 3. The number of carbonyl (C=O) groups is 2. The Balaban J connectivity index is 1.47. The zero-order chi connectivity index (χ0) is 17.5. The van der Waals surface area contributed by atoms with E-state index in [1.165, 1.54) is 11.3 Å². The van der Waals surface area contributed by atoms with Gasteiger partial charge < -0.3 is 5.32 Å². The van der Waals surface area contributed by atoms with Gasteiger partial charge in [0, 0.05) is 36.2 Å². The largest absolute Gasteiger partial charge is 0.350 e. The molecule has 0 bridgehead atoms. The molecule has 0 spiro atoms. The van der Waals surface area contributed by atoms with E-state index in [-0.39, 0.29) is 24.5 Å². The van der Waals surface area contributed by atoms with Crippen molar-refractivity contribution in [2.24, 2.45) is 0 Å². The SMILES string of the molecule is O=C(CCC(=O)c1ccccc1)NCc1csc(-c2ncccn2)n1. The van der Waals surface area contributed by atoms with Crippen molar-refractivity contribution in [2.45, 2.75) is 19.4 Å². The standard InChI is InChI=1S/C18H16N4O2S/c23-15(13-5-2-1-3-6-13)7-8-16(24)21-11-14-12-25-18(22-14)17-19-9-4-10-20-17/h1-6,9-10,12H,7-8,11H2,(H,21,24). The van der Waals surface area contributed by atoms with Crippen LogP contribution in [-0.2, 0) is 11.3 Å². The Morgan fingerprint density at radius 1 is 1.00 bits per heavy atom. The molecule has 1 aromatic carbocycles. The van der Waals surface area contributed by atoms with Crippen molar-refractivity contribution in [3.8, 4) is 10.8 Å². The van der Waals surface area contributed by atoms with Crippen molar-refractivity contribution in [1.82, 2.24) is 20.3 Å². The van der Waals surface area contributed by atoms with E-state index in [9.17, 15) is 9.59 Å². The number of nitrogens with one attached hydrogen (secondary N) is 1. The zero-order valence-corrected chi connectivity index (χ0v) is 14.2. The highest BCUT2D eigenvalue weighted by Gasteiger charge is 2.10. The molecule has 0 aliphatic heterocycles. The first kappa shape index (κ1) is 16.9. The smallest absolute Gasteiger partial charge is 0.220 e. The van der Waals surface area contributed by atoms with Gasteiger partial charge in [-0.05, 0) is 6.07 Å². The van der Waals surface area contributed by atoms with Crippen LogP contribution in [0.3, 0.4) is 0 Å². The summed E-state index contributed by atoms with van der Waals surface area (Å²) in [6.45, 7) is 0.321. The summed E-state index contributed by atoms with van der Waals surface area (Å²) in [5.41, 5.74) is 1.37. The van der Waals surface area contributed by atoms with Crippen LogP contribution in [0, 0.1) is 0 Å². The number of amides is 1. The van der Waals surface area contributed by atoms with Crippen molar-refractivity contribution in [3.05, 3.63) is 65.4 Å². The van der Waals surface area contributed by atoms with Crippen molar-refractivity contribution in [3.63, 3.8) is 0 Å². The van der Waals surface area contributed by atoms with Crippen LogP contribution >= 0.6 is 11.3 Å². The molecule has 3 rings (SSSR count). The van der Waals surface area contributed by atoms with E-state index in [1.54, 1.807) is 30.6 Å². The molecule has 0 fully saturated rings. The number of rotatable bonds is 7. The van der Waals surface area contributed by atoms with Gasteiger partial charge in [0.15, 0.2) is 16.6 Å². The maximum absolute atomic E-state index is 12.0. The molecular formula is C18H16N4O2S. The summed E-state index contributed by atoms with van der Waals surface area (Å²) >= 11 is 1.43. The summed E-state index contributed by atoms with van der Waals surface area (Å²) in [7, 11) is 0. The molecule has 0 aliphatic rings. The van der Waals surface area contributed by atoms with E-state index in [0.29, 0.717) is 22.9 Å². The lowest BCUT2D eigenvalue weighted by molar-refractivity contribution is -0.121. The first-order valence-corrected chi connectivity index (χ1v) is 8.67. The fourth-order valence-electron chi connectivity index (χ4n) is 2.17. The van der Waals surface area contributed by atoms with Crippen molar-refractivity contribution in [2.75, 3.05) is 0 Å². The number of hydrogen-bond donors (Lipinski definition) is 1. The Morgan fingerprint density at radius 3 is 2.52 bits per heavy atom. The summed E-state index contributed by atoms with van der Waals surface area (Å²) < 4.78 is 0. The summed E-state index contributed by atoms with van der Waals surface area (Å²) in [6.07, 6.45) is 3.67. The maximum Gasteiger partial charge on any atom is 0.220 e. The van der Waals surface area contributed by atoms with Gasteiger partial charge in [0.2, 0.25) is 5.91 Å². The van der Waals surface area contributed by atoms with E-state index in [2.05, 4.69) is 20.3 Å². The van der Waals surface area contributed by atoms with Gasteiger partial charge in [0.1, 0.15) is 0 Å². The monoisotopic (exact) mass is 352 g/mol. The topological polar surface area (TPSA) is 84.8 Å². The molecule has 0 unspecified atom stereocenters. The highest BCUT2D eigenvalue weighted by molar-refractivity contribution is 7.13. The molecule has 0 aliphatic carbocycles. The third kappa shape index (κ3) is 4.77. The third-order valence-corrected chi connectivity index (χ3v) is 4.34. The van der Waals surface area contributed by atoms with E-state index in [0.717, 1.165) is 5.69 Å². The van der Waals surface area contributed by atoms with E-state index < -0.39 is 0 Å². The zero-order valence-electron chi connectivity index (χ0n) is 13.4. The number of benzene rings is 1. The fourth-order valence-corrected chi connectivity index (χ4v) is 2.94. The quantitative estimate of drug-likeness (QED) is 0.661. The minimum absolute atomic E-state index is 0.0343. The van der Waals surface area contributed by atoms with Crippen LogP contribution in [0.4, 0.5) is 0 Å². The van der Waals surface area contributed by atoms with Gasteiger partial charge in [0.25, 0.3) is 0 Å². The Morgan fingerprint density at radius 2 is 1.76 bits per heavy atom. The molecule has 2 aromatic heterocycles. The van der Waals surface area contributed by atoms with Gasteiger partial charge in [-0.1, -0.05) is 30.3 Å². The number of hydrogen-bond acceptors (Lipinski definition) is 6. The first-order chi connectivity index (χ1) is 12.2. The molecular weight excluding hydrogens is 336 g/mol. The average molecular weight is 352 g/mol. The first-order valence-electron chi connectivity index (χ1n) is 7.79. The number of thiazole rings is 1. The lowest BCUT2D eigenvalue weighted by atomic mass is 10.1. The molecule has 0 atom stereocenters. The van der Waals surface area contributed by atoms with Gasteiger partial charge in [-0.25, -0.2) is 15.0 Å². The van der Waals surface area contributed by atoms with Crippen molar-refractivity contribution < 1.29 is 9.59 Å². The summed E-state index contributed by atoms with van der Waals surface area (Å²) in [5.74, 6) is 0.362. The van der Waals surface area contributed by atoms with Crippen molar-refractivity contribution >= 4 is 23.0 Å².